The summed E-state index contributed by atoms with van der Waals surface area (Å²) in [7, 11) is -2.94. The summed E-state index contributed by atoms with van der Waals surface area (Å²) in [6.07, 6.45) is 0.638. The van der Waals surface area contributed by atoms with Gasteiger partial charge in [-0.25, -0.2) is 18.4 Å². The lowest BCUT2D eigenvalue weighted by Gasteiger charge is -2.28. The second-order valence-electron chi connectivity index (χ2n) is 6.13. The van der Waals surface area contributed by atoms with Crippen LogP contribution in [0.1, 0.15) is 19.2 Å². The van der Waals surface area contributed by atoms with Crippen LogP contribution in [0.5, 0.6) is 0 Å². The third-order valence-electron chi connectivity index (χ3n) is 4.23. The number of hydrogen-bond donors (Lipinski definition) is 1. The zero-order chi connectivity index (χ0) is 18.0. The Morgan fingerprint density at radius 3 is 2.60 bits per heavy atom. The molecule has 8 heteroatoms. The number of sulfone groups is 1. The van der Waals surface area contributed by atoms with Gasteiger partial charge in [-0.1, -0.05) is 11.6 Å². The van der Waals surface area contributed by atoms with Crippen LogP contribution < -0.4 is 10.2 Å². The zero-order valence-corrected chi connectivity index (χ0v) is 15.8. The van der Waals surface area contributed by atoms with Gasteiger partial charge in [0.25, 0.3) is 0 Å². The van der Waals surface area contributed by atoms with Crippen LogP contribution >= 0.6 is 11.6 Å². The zero-order valence-electron chi connectivity index (χ0n) is 14.2. The standard InChI is InChI=1S/C17H21ClN4O2S/c1-3-22(15-8-9-25(23,24)11-15)17-10-16(19-12(2)20-17)21-14-6-4-13(18)5-7-14/h4-7,10,15H,3,8-9,11H2,1-2H3,(H,19,20,21). The van der Waals surface area contributed by atoms with E-state index in [4.69, 9.17) is 11.6 Å². The van der Waals surface area contributed by atoms with Crippen LogP contribution in [0, 0.1) is 6.92 Å². The van der Waals surface area contributed by atoms with E-state index in [1.807, 2.05) is 36.9 Å². The van der Waals surface area contributed by atoms with E-state index in [1.54, 1.807) is 12.1 Å². The van der Waals surface area contributed by atoms with E-state index < -0.39 is 9.84 Å². The van der Waals surface area contributed by atoms with Gasteiger partial charge >= 0.3 is 0 Å². The smallest absolute Gasteiger partial charge is 0.152 e. The fraction of sp³-hybridized carbons (Fsp3) is 0.412. The summed E-state index contributed by atoms with van der Waals surface area (Å²) in [6.45, 7) is 4.53. The Kier molecular flexibility index (Phi) is 5.15. The average Bonchev–Trinajstić information content (AvgIpc) is 2.90. The summed E-state index contributed by atoms with van der Waals surface area (Å²) in [5.41, 5.74) is 0.875. The molecule has 1 aromatic heterocycles. The van der Waals surface area contributed by atoms with Gasteiger partial charge in [0.05, 0.1) is 11.5 Å². The first-order chi connectivity index (χ1) is 11.9. The van der Waals surface area contributed by atoms with Gasteiger partial charge in [0.1, 0.15) is 17.5 Å². The van der Waals surface area contributed by atoms with Gasteiger partial charge in [-0.3, -0.25) is 0 Å². The van der Waals surface area contributed by atoms with Gasteiger partial charge in [0, 0.05) is 29.4 Å². The number of rotatable bonds is 5. The minimum absolute atomic E-state index is 0.0346. The summed E-state index contributed by atoms with van der Waals surface area (Å²) in [6, 6.07) is 9.19. The Bertz CT molecular complexity index is 855. The van der Waals surface area contributed by atoms with Crippen LogP contribution in [0.25, 0.3) is 0 Å². The molecule has 1 unspecified atom stereocenters. The Balaban J connectivity index is 1.86. The Morgan fingerprint density at radius 2 is 2.00 bits per heavy atom. The molecule has 1 aliphatic heterocycles. The van der Waals surface area contributed by atoms with Crippen LogP contribution in [-0.2, 0) is 9.84 Å². The molecule has 3 rings (SSSR count). The van der Waals surface area contributed by atoms with Crippen LogP contribution in [0.3, 0.4) is 0 Å². The molecule has 2 heterocycles. The Morgan fingerprint density at radius 1 is 1.28 bits per heavy atom. The predicted octanol–water partition coefficient (Wildman–Crippen LogP) is 3.20. The molecular formula is C17H21ClN4O2S. The number of hydrogen-bond acceptors (Lipinski definition) is 6. The molecule has 1 atom stereocenters. The Hall–Kier alpha value is -1.86. The van der Waals surface area contributed by atoms with Crippen molar-refractivity contribution in [2.45, 2.75) is 26.3 Å². The van der Waals surface area contributed by atoms with E-state index in [2.05, 4.69) is 15.3 Å². The molecule has 1 saturated heterocycles. The number of halogens is 1. The quantitative estimate of drug-likeness (QED) is 0.858. The summed E-state index contributed by atoms with van der Waals surface area (Å²) in [5, 5.41) is 3.91. The van der Waals surface area contributed by atoms with E-state index in [-0.39, 0.29) is 17.5 Å². The van der Waals surface area contributed by atoms with Crippen molar-refractivity contribution in [1.82, 2.24) is 9.97 Å². The average molecular weight is 381 g/mol. The Labute approximate surface area is 153 Å². The number of aryl methyl sites for hydroxylation is 1. The summed E-state index contributed by atoms with van der Waals surface area (Å²) in [5.74, 6) is 2.48. The predicted molar refractivity (Wildman–Crippen MR) is 102 cm³/mol. The number of aromatic nitrogens is 2. The molecular weight excluding hydrogens is 360 g/mol. The van der Waals surface area contributed by atoms with Gasteiger partial charge in [0.15, 0.2) is 9.84 Å². The molecule has 0 spiro atoms. The third kappa shape index (κ3) is 4.41. The number of nitrogens with one attached hydrogen (secondary N) is 1. The molecule has 1 aromatic carbocycles. The van der Waals surface area contributed by atoms with E-state index >= 15 is 0 Å². The van der Waals surface area contributed by atoms with Crippen molar-refractivity contribution in [1.29, 1.82) is 0 Å². The van der Waals surface area contributed by atoms with Gasteiger partial charge < -0.3 is 10.2 Å². The second kappa shape index (κ2) is 7.17. The maximum atomic E-state index is 11.8. The number of anilines is 3. The second-order valence-corrected chi connectivity index (χ2v) is 8.80. The lowest BCUT2D eigenvalue weighted by Crippen LogP contribution is -2.36. The first-order valence-corrected chi connectivity index (χ1v) is 10.4. The molecule has 0 amide bonds. The minimum Gasteiger partial charge on any atom is -0.353 e. The lowest BCUT2D eigenvalue weighted by molar-refractivity contribution is 0.599. The fourth-order valence-electron chi connectivity index (χ4n) is 3.07. The van der Waals surface area contributed by atoms with Gasteiger partial charge in [0.2, 0.25) is 0 Å². The van der Waals surface area contributed by atoms with Crippen LogP contribution in [0.4, 0.5) is 17.3 Å². The van der Waals surface area contributed by atoms with Crippen molar-refractivity contribution in [2.24, 2.45) is 0 Å². The topological polar surface area (TPSA) is 75.2 Å². The first-order valence-electron chi connectivity index (χ1n) is 8.21. The maximum Gasteiger partial charge on any atom is 0.152 e. The van der Waals surface area contributed by atoms with Crippen LogP contribution in [-0.4, -0.2) is 42.5 Å². The highest BCUT2D eigenvalue weighted by Gasteiger charge is 2.32. The van der Waals surface area contributed by atoms with E-state index in [9.17, 15) is 8.42 Å². The fourth-order valence-corrected chi connectivity index (χ4v) is 4.93. The normalized spacial score (nSPS) is 18.9. The van der Waals surface area contributed by atoms with Crippen LogP contribution in [0.2, 0.25) is 5.02 Å². The van der Waals surface area contributed by atoms with Crippen LogP contribution in [0.15, 0.2) is 30.3 Å². The molecule has 6 nitrogen and oxygen atoms in total. The summed E-state index contributed by atoms with van der Waals surface area (Å²) >= 11 is 5.91. The van der Waals surface area contributed by atoms with Crippen molar-refractivity contribution in [3.05, 3.63) is 41.2 Å². The molecule has 134 valence electrons. The third-order valence-corrected chi connectivity index (χ3v) is 6.23. The summed E-state index contributed by atoms with van der Waals surface area (Å²) in [4.78, 5) is 11.0. The van der Waals surface area contributed by atoms with Crippen molar-refractivity contribution in [2.75, 3.05) is 28.3 Å². The minimum atomic E-state index is -2.94. The van der Waals surface area contributed by atoms with Gasteiger partial charge in [-0.2, -0.15) is 0 Å². The lowest BCUT2D eigenvalue weighted by atomic mass is 10.2. The summed E-state index contributed by atoms with van der Waals surface area (Å²) < 4.78 is 23.6. The monoisotopic (exact) mass is 380 g/mol. The van der Waals surface area contributed by atoms with Gasteiger partial charge in [-0.05, 0) is 44.5 Å². The van der Waals surface area contributed by atoms with Crippen molar-refractivity contribution < 1.29 is 8.42 Å². The molecule has 0 bridgehead atoms. The highest BCUT2D eigenvalue weighted by molar-refractivity contribution is 7.91. The van der Waals surface area contributed by atoms with E-state index in [0.29, 0.717) is 29.6 Å². The molecule has 1 N–H and O–H groups in total. The van der Waals surface area contributed by atoms with Crippen molar-refractivity contribution in [3.8, 4) is 0 Å². The van der Waals surface area contributed by atoms with E-state index in [1.165, 1.54) is 0 Å². The highest BCUT2D eigenvalue weighted by Crippen LogP contribution is 2.26. The van der Waals surface area contributed by atoms with E-state index in [0.717, 1.165) is 11.5 Å². The molecule has 0 saturated carbocycles. The molecule has 0 aliphatic carbocycles. The number of benzene rings is 1. The molecule has 0 radical (unpaired) electrons. The molecule has 2 aromatic rings. The largest absolute Gasteiger partial charge is 0.353 e. The van der Waals surface area contributed by atoms with Crippen molar-refractivity contribution in [3.63, 3.8) is 0 Å². The highest BCUT2D eigenvalue weighted by atomic mass is 35.5. The van der Waals surface area contributed by atoms with Crippen molar-refractivity contribution >= 4 is 38.8 Å². The molecule has 25 heavy (non-hydrogen) atoms. The SMILES string of the molecule is CCN(c1cc(Nc2ccc(Cl)cc2)nc(C)n1)C1CCS(=O)(=O)C1. The maximum absolute atomic E-state index is 11.8. The molecule has 1 fully saturated rings. The first kappa shape index (κ1) is 17.9. The molecule has 1 aliphatic rings. The number of nitrogens with zero attached hydrogens (tertiary/aromatic N) is 3. The van der Waals surface area contributed by atoms with Gasteiger partial charge in [-0.15, -0.1) is 0 Å².